The molecule has 0 aliphatic carbocycles. The van der Waals surface area contributed by atoms with Crippen LogP contribution in [-0.2, 0) is 0 Å². The maximum Gasteiger partial charge on any atom is 0.0303 e. The van der Waals surface area contributed by atoms with Crippen LogP contribution < -0.4 is 5.73 Å². The summed E-state index contributed by atoms with van der Waals surface area (Å²) in [5.74, 6) is 0. The predicted octanol–water partition coefficient (Wildman–Crippen LogP) is 2.77. The van der Waals surface area contributed by atoms with Gasteiger partial charge in [-0.15, -0.1) is 0 Å². The minimum Gasteiger partial charge on any atom is -0.329 e. The van der Waals surface area contributed by atoms with Gasteiger partial charge in [0.1, 0.15) is 0 Å². The molecule has 0 amide bonds. The summed E-state index contributed by atoms with van der Waals surface area (Å²) in [5.41, 5.74) is 6.24. The predicted molar refractivity (Wildman–Crippen MR) is 67.0 cm³/mol. The number of likely N-dealkylation sites (tertiary alicyclic amines) is 1. The van der Waals surface area contributed by atoms with Crippen LogP contribution in [0.5, 0.6) is 0 Å². The average molecular weight is 212 g/mol. The van der Waals surface area contributed by atoms with Gasteiger partial charge in [0.15, 0.2) is 0 Å². The van der Waals surface area contributed by atoms with Crippen molar-refractivity contribution in [1.29, 1.82) is 0 Å². The summed E-state index contributed by atoms with van der Waals surface area (Å²) in [6.45, 7) is 7.97. The maximum absolute atomic E-state index is 5.96. The molecule has 1 saturated heterocycles. The molecule has 2 nitrogen and oxygen atoms in total. The fourth-order valence-corrected chi connectivity index (χ4v) is 2.58. The van der Waals surface area contributed by atoms with Crippen molar-refractivity contribution in [2.45, 2.75) is 64.3 Å². The molecule has 0 spiro atoms. The Kier molecular flexibility index (Phi) is 5.62. The molecular formula is C13H28N2. The van der Waals surface area contributed by atoms with Gasteiger partial charge >= 0.3 is 0 Å². The molecule has 0 radical (unpaired) electrons. The van der Waals surface area contributed by atoms with Crippen molar-refractivity contribution in [3.63, 3.8) is 0 Å². The molecule has 0 saturated carbocycles. The molecule has 0 bridgehead atoms. The highest BCUT2D eigenvalue weighted by Crippen LogP contribution is 2.25. The summed E-state index contributed by atoms with van der Waals surface area (Å²) in [6.07, 6.45) is 9.43. The summed E-state index contributed by atoms with van der Waals surface area (Å²) >= 11 is 0. The highest BCUT2D eigenvalue weighted by atomic mass is 15.2. The third-order valence-corrected chi connectivity index (χ3v) is 3.88. The molecule has 0 aromatic rings. The summed E-state index contributed by atoms with van der Waals surface area (Å²) in [5, 5.41) is 0. The molecular weight excluding hydrogens is 184 g/mol. The van der Waals surface area contributed by atoms with Gasteiger partial charge < -0.3 is 5.73 Å². The molecule has 1 rings (SSSR count). The lowest BCUT2D eigenvalue weighted by Gasteiger charge is -2.38. The van der Waals surface area contributed by atoms with Crippen molar-refractivity contribution in [2.75, 3.05) is 19.6 Å². The van der Waals surface area contributed by atoms with Gasteiger partial charge in [-0.25, -0.2) is 0 Å². The molecule has 1 atom stereocenters. The van der Waals surface area contributed by atoms with Crippen molar-refractivity contribution in [3.8, 4) is 0 Å². The van der Waals surface area contributed by atoms with Crippen molar-refractivity contribution in [1.82, 2.24) is 4.90 Å². The first-order chi connectivity index (χ1) is 7.23. The van der Waals surface area contributed by atoms with E-state index in [1.54, 1.807) is 0 Å². The van der Waals surface area contributed by atoms with Gasteiger partial charge in [0.05, 0.1) is 0 Å². The first kappa shape index (κ1) is 13.0. The monoisotopic (exact) mass is 212 g/mol. The Bertz CT molecular complexity index is 164. The lowest BCUT2D eigenvalue weighted by Crippen LogP contribution is -2.50. The van der Waals surface area contributed by atoms with Crippen LogP contribution in [0.2, 0.25) is 0 Å². The maximum atomic E-state index is 5.96. The molecule has 0 aromatic carbocycles. The Balaban J connectivity index is 2.30. The Labute approximate surface area is 95.2 Å². The number of nitrogens with zero attached hydrogens (tertiary/aromatic N) is 1. The van der Waals surface area contributed by atoms with Crippen molar-refractivity contribution in [2.24, 2.45) is 5.73 Å². The van der Waals surface area contributed by atoms with E-state index < -0.39 is 0 Å². The molecule has 1 aliphatic rings. The van der Waals surface area contributed by atoms with Crippen LogP contribution >= 0.6 is 0 Å². The smallest absolute Gasteiger partial charge is 0.0303 e. The summed E-state index contributed by atoms with van der Waals surface area (Å²) in [6, 6.07) is 0. The van der Waals surface area contributed by atoms with E-state index in [1.165, 1.54) is 58.0 Å². The summed E-state index contributed by atoms with van der Waals surface area (Å²) in [7, 11) is 0. The zero-order chi connectivity index (χ0) is 11.1. The molecule has 0 aromatic heterocycles. The highest BCUT2D eigenvalue weighted by molar-refractivity contribution is 4.89. The van der Waals surface area contributed by atoms with Crippen LogP contribution in [0, 0.1) is 0 Å². The normalized spacial score (nSPS) is 21.8. The second-order valence-corrected chi connectivity index (χ2v) is 5.21. The number of nitrogens with two attached hydrogens (primary N) is 1. The number of rotatable bonds is 7. The van der Waals surface area contributed by atoms with Gasteiger partial charge in [0, 0.05) is 12.1 Å². The second-order valence-electron chi connectivity index (χ2n) is 5.21. The molecule has 2 heteroatoms. The first-order valence-corrected chi connectivity index (χ1v) is 6.68. The number of hydrogen-bond donors (Lipinski definition) is 1. The average Bonchev–Trinajstić information content (AvgIpc) is 2.78. The minimum absolute atomic E-state index is 0.282. The largest absolute Gasteiger partial charge is 0.329 e. The summed E-state index contributed by atoms with van der Waals surface area (Å²) < 4.78 is 0. The third-order valence-electron chi connectivity index (χ3n) is 3.88. The third kappa shape index (κ3) is 3.76. The van der Waals surface area contributed by atoms with E-state index in [-0.39, 0.29) is 5.54 Å². The van der Waals surface area contributed by atoms with Crippen molar-refractivity contribution >= 4 is 0 Å². The topological polar surface area (TPSA) is 29.3 Å². The van der Waals surface area contributed by atoms with E-state index in [4.69, 9.17) is 5.73 Å². The van der Waals surface area contributed by atoms with E-state index >= 15 is 0 Å². The molecule has 1 fully saturated rings. The van der Waals surface area contributed by atoms with Crippen LogP contribution in [0.3, 0.4) is 0 Å². The summed E-state index contributed by atoms with van der Waals surface area (Å²) in [4.78, 5) is 2.61. The Morgan fingerprint density at radius 2 is 1.80 bits per heavy atom. The van der Waals surface area contributed by atoms with E-state index in [0.29, 0.717) is 0 Å². The van der Waals surface area contributed by atoms with Gasteiger partial charge in [-0.05, 0) is 39.3 Å². The Morgan fingerprint density at radius 1 is 1.13 bits per heavy atom. The zero-order valence-corrected chi connectivity index (χ0v) is 10.6. The standard InChI is InChI=1S/C13H28N2/c1-3-4-5-6-9-13(2,12-14)15-10-7-8-11-15/h3-12,14H2,1-2H3. The number of hydrogen-bond acceptors (Lipinski definition) is 2. The fraction of sp³-hybridized carbons (Fsp3) is 1.00. The van der Waals surface area contributed by atoms with E-state index in [9.17, 15) is 0 Å². The molecule has 1 aliphatic heterocycles. The molecule has 15 heavy (non-hydrogen) atoms. The van der Waals surface area contributed by atoms with Crippen LogP contribution in [0.1, 0.15) is 58.8 Å². The van der Waals surface area contributed by atoms with Crippen molar-refractivity contribution < 1.29 is 0 Å². The van der Waals surface area contributed by atoms with Crippen LogP contribution in [-0.4, -0.2) is 30.1 Å². The van der Waals surface area contributed by atoms with Gasteiger partial charge in [-0.1, -0.05) is 32.6 Å². The van der Waals surface area contributed by atoms with Crippen molar-refractivity contribution in [3.05, 3.63) is 0 Å². The second kappa shape index (κ2) is 6.49. The Hall–Kier alpha value is -0.0800. The molecule has 1 heterocycles. The molecule has 2 N–H and O–H groups in total. The zero-order valence-electron chi connectivity index (χ0n) is 10.6. The lowest BCUT2D eigenvalue weighted by molar-refractivity contribution is 0.129. The minimum atomic E-state index is 0.282. The first-order valence-electron chi connectivity index (χ1n) is 6.68. The van der Waals surface area contributed by atoms with Gasteiger partial charge in [-0.2, -0.15) is 0 Å². The quantitative estimate of drug-likeness (QED) is 0.658. The van der Waals surface area contributed by atoms with Crippen LogP contribution in [0.25, 0.3) is 0 Å². The number of unbranched alkanes of at least 4 members (excludes halogenated alkanes) is 3. The van der Waals surface area contributed by atoms with E-state index in [1.807, 2.05) is 0 Å². The van der Waals surface area contributed by atoms with E-state index in [2.05, 4.69) is 18.7 Å². The van der Waals surface area contributed by atoms with Crippen LogP contribution in [0.4, 0.5) is 0 Å². The van der Waals surface area contributed by atoms with Gasteiger partial charge in [-0.3, -0.25) is 4.90 Å². The Morgan fingerprint density at radius 3 is 2.33 bits per heavy atom. The highest BCUT2D eigenvalue weighted by Gasteiger charge is 2.31. The lowest BCUT2D eigenvalue weighted by atomic mass is 9.92. The SMILES string of the molecule is CCCCCCC(C)(CN)N1CCCC1. The fourth-order valence-electron chi connectivity index (χ4n) is 2.58. The van der Waals surface area contributed by atoms with E-state index in [0.717, 1.165) is 6.54 Å². The molecule has 1 unspecified atom stereocenters. The van der Waals surface area contributed by atoms with Crippen LogP contribution in [0.15, 0.2) is 0 Å². The molecule has 90 valence electrons. The van der Waals surface area contributed by atoms with Gasteiger partial charge in [0.25, 0.3) is 0 Å². The van der Waals surface area contributed by atoms with Gasteiger partial charge in [0.2, 0.25) is 0 Å².